The van der Waals surface area contributed by atoms with Gasteiger partial charge in [0.05, 0.1) is 11.0 Å². The van der Waals surface area contributed by atoms with Gasteiger partial charge >= 0.3 is 5.69 Å². The van der Waals surface area contributed by atoms with E-state index in [4.69, 9.17) is 9.68 Å². The largest absolute Gasteiger partial charge is 0.443 e. The number of aryl methyl sites for hydroxylation is 1. The molecule has 1 rings (SSSR count). The van der Waals surface area contributed by atoms with Crippen molar-refractivity contribution in [2.45, 2.75) is 6.92 Å². The summed E-state index contributed by atoms with van der Waals surface area (Å²) in [6.07, 6.45) is 0. The summed E-state index contributed by atoms with van der Waals surface area (Å²) in [5.74, 6) is 0.126. The molecular formula is C6H4N2O3. The van der Waals surface area contributed by atoms with Gasteiger partial charge in [-0.2, -0.15) is 5.26 Å². The maximum atomic E-state index is 10.2. The van der Waals surface area contributed by atoms with Gasteiger partial charge in [-0.1, -0.05) is 0 Å². The molecule has 0 radical (unpaired) electrons. The van der Waals surface area contributed by atoms with Crippen molar-refractivity contribution in [3.05, 3.63) is 27.7 Å². The molecule has 5 heteroatoms. The van der Waals surface area contributed by atoms with Gasteiger partial charge in [-0.15, -0.1) is 0 Å². The van der Waals surface area contributed by atoms with Crippen LogP contribution in [0.2, 0.25) is 0 Å². The maximum Gasteiger partial charge on any atom is 0.311 e. The first-order valence-corrected chi connectivity index (χ1v) is 2.80. The fraction of sp³-hybridized carbons (Fsp3) is 0.167. The smallest absolute Gasteiger partial charge is 0.311 e. The fourth-order valence-corrected chi connectivity index (χ4v) is 0.709. The molecule has 0 aliphatic heterocycles. The third-order valence-corrected chi connectivity index (χ3v) is 1.20. The molecule has 0 saturated heterocycles. The molecule has 0 spiro atoms. The number of hydrogen-bond donors (Lipinski definition) is 0. The van der Waals surface area contributed by atoms with Crippen LogP contribution in [0, 0.1) is 28.4 Å². The fourth-order valence-electron chi connectivity index (χ4n) is 0.709. The first-order chi connectivity index (χ1) is 5.15. The molecule has 0 amide bonds. The first-order valence-electron chi connectivity index (χ1n) is 2.80. The van der Waals surface area contributed by atoms with Gasteiger partial charge in [-0.25, -0.2) is 0 Å². The predicted molar refractivity (Wildman–Crippen MR) is 34.8 cm³/mol. The lowest BCUT2D eigenvalue weighted by atomic mass is 10.4. The van der Waals surface area contributed by atoms with Crippen LogP contribution >= 0.6 is 0 Å². The zero-order valence-electron chi connectivity index (χ0n) is 5.70. The molecule has 0 aliphatic rings. The molecule has 5 nitrogen and oxygen atoms in total. The van der Waals surface area contributed by atoms with Crippen LogP contribution in [0.25, 0.3) is 0 Å². The van der Waals surface area contributed by atoms with E-state index in [9.17, 15) is 10.1 Å². The van der Waals surface area contributed by atoms with Crippen LogP contribution in [0.15, 0.2) is 10.5 Å². The molecule has 0 atom stereocenters. The lowest BCUT2D eigenvalue weighted by Crippen LogP contribution is -1.85. The first kappa shape index (κ1) is 7.28. The molecule has 0 bridgehead atoms. The second-order valence-electron chi connectivity index (χ2n) is 1.92. The van der Waals surface area contributed by atoms with Gasteiger partial charge in [0.25, 0.3) is 0 Å². The second kappa shape index (κ2) is 2.42. The highest BCUT2D eigenvalue weighted by molar-refractivity contribution is 5.38. The highest BCUT2D eigenvalue weighted by Gasteiger charge is 2.16. The standard InChI is InChI=1S/C6H4N2O3/c1-4-6(8(9)10)2-5(3-7)11-4/h2H,1H3. The van der Waals surface area contributed by atoms with Gasteiger partial charge in [0.15, 0.2) is 5.76 Å². The Kier molecular flexibility index (Phi) is 1.60. The van der Waals surface area contributed by atoms with Gasteiger partial charge in [0.1, 0.15) is 6.07 Å². The SMILES string of the molecule is Cc1oc(C#N)cc1[N+](=O)[O-]. The maximum absolute atomic E-state index is 10.2. The molecule has 0 unspecified atom stereocenters. The minimum absolute atomic E-state index is 0.0331. The van der Waals surface area contributed by atoms with Crippen molar-refractivity contribution in [3.63, 3.8) is 0 Å². The van der Waals surface area contributed by atoms with Crippen molar-refractivity contribution in [1.82, 2.24) is 0 Å². The van der Waals surface area contributed by atoms with E-state index in [1.807, 2.05) is 0 Å². The Bertz CT molecular complexity index is 334. The number of nitro groups is 1. The van der Waals surface area contributed by atoms with Gasteiger partial charge in [-0.3, -0.25) is 10.1 Å². The summed E-state index contributed by atoms with van der Waals surface area (Å²) in [6, 6.07) is 2.78. The van der Waals surface area contributed by atoms with E-state index in [1.54, 1.807) is 6.07 Å². The lowest BCUT2D eigenvalue weighted by molar-refractivity contribution is -0.385. The normalized spacial score (nSPS) is 9.09. The van der Waals surface area contributed by atoms with E-state index in [0.717, 1.165) is 6.07 Å². The molecule has 1 heterocycles. The summed E-state index contributed by atoms with van der Waals surface area (Å²) in [7, 11) is 0. The monoisotopic (exact) mass is 152 g/mol. The molecule has 0 N–H and O–H groups in total. The number of rotatable bonds is 1. The number of nitrogens with zero attached hydrogens (tertiary/aromatic N) is 2. The van der Waals surface area contributed by atoms with Crippen LogP contribution in [0.4, 0.5) is 5.69 Å². The van der Waals surface area contributed by atoms with E-state index >= 15 is 0 Å². The third kappa shape index (κ3) is 1.19. The zero-order chi connectivity index (χ0) is 8.43. The summed E-state index contributed by atoms with van der Waals surface area (Å²) >= 11 is 0. The molecule has 0 aliphatic carbocycles. The Morgan fingerprint density at radius 2 is 2.45 bits per heavy atom. The highest BCUT2D eigenvalue weighted by atomic mass is 16.6. The van der Waals surface area contributed by atoms with Crippen LogP contribution in [0.3, 0.4) is 0 Å². The van der Waals surface area contributed by atoms with Crippen LogP contribution in [0.1, 0.15) is 11.5 Å². The lowest BCUT2D eigenvalue weighted by Gasteiger charge is -1.82. The van der Waals surface area contributed by atoms with E-state index in [0.29, 0.717) is 0 Å². The third-order valence-electron chi connectivity index (χ3n) is 1.20. The Morgan fingerprint density at radius 3 is 2.73 bits per heavy atom. The minimum atomic E-state index is -0.584. The Hall–Kier alpha value is -1.83. The summed E-state index contributed by atoms with van der Waals surface area (Å²) in [6.45, 7) is 1.44. The van der Waals surface area contributed by atoms with Gasteiger partial charge < -0.3 is 4.42 Å². The molecule has 1 aromatic rings. The predicted octanol–water partition coefficient (Wildman–Crippen LogP) is 1.37. The number of nitriles is 1. The molecule has 0 saturated carbocycles. The molecular weight excluding hydrogens is 148 g/mol. The Labute approximate surface area is 62.0 Å². The highest BCUT2D eigenvalue weighted by Crippen LogP contribution is 2.21. The van der Waals surface area contributed by atoms with Gasteiger partial charge in [0, 0.05) is 6.92 Å². The van der Waals surface area contributed by atoms with Crippen molar-refractivity contribution in [2.75, 3.05) is 0 Å². The van der Waals surface area contributed by atoms with Crippen LogP contribution in [0.5, 0.6) is 0 Å². The van der Waals surface area contributed by atoms with Crippen LogP contribution in [-0.2, 0) is 0 Å². The Morgan fingerprint density at radius 1 is 1.82 bits per heavy atom. The van der Waals surface area contributed by atoms with E-state index in [2.05, 4.69) is 0 Å². The van der Waals surface area contributed by atoms with E-state index in [-0.39, 0.29) is 17.2 Å². The second-order valence-corrected chi connectivity index (χ2v) is 1.92. The summed E-state index contributed by atoms with van der Waals surface area (Å²) in [4.78, 5) is 9.60. The van der Waals surface area contributed by atoms with Crippen LogP contribution < -0.4 is 0 Å². The number of furan rings is 1. The Balaban J connectivity index is 3.20. The van der Waals surface area contributed by atoms with Crippen molar-refractivity contribution < 1.29 is 9.34 Å². The minimum Gasteiger partial charge on any atom is -0.443 e. The molecule has 0 fully saturated rings. The van der Waals surface area contributed by atoms with Gasteiger partial charge in [-0.05, 0) is 0 Å². The summed E-state index contributed by atoms with van der Waals surface area (Å²) in [5.41, 5.74) is -0.151. The molecule has 0 aromatic carbocycles. The number of hydrogen-bond acceptors (Lipinski definition) is 4. The summed E-state index contributed by atoms with van der Waals surface area (Å²) in [5, 5.41) is 18.5. The van der Waals surface area contributed by atoms with Gasteiger partial charge in [0.2, 0.25) is 5.76 Å². The van der Waals surface area contributed by atoms with Crippen molar-refractivity contribution in [3.8, 4) is 6.07 Å². The van der Waals surface area contributed by atoms with E-state index < -0.39 is 4.92 Å². The average molecular weight is 152 g/mol. The van der Waals surface area contributed by atoms with Crippen molar-refractivity contribution >= 4 is 5.69 Å². The molecule has 11 heavy (non-hydrogen) atoms. The quantitative estimate of drug-likeness (QED) is 0.449. The molecule has 1 aromatic heterocycles. The molecule has 56 valence electrons. The summed E-state index contributed by atoms with van der Waals surface area (Å²) < 4.78 is 4.72. The van der Waals surface area contributed by atoms with Crippen molar-refractivity contribution in [1.29, 1.82) is 5.26 Å². The zero-order valence-corrected chi connectivity index (χ0v) is 5.70. The van der Waals surface area contributed by atoms with Crippen molar-refractivity contribution in [2.24, 2.45) is 0 Å². The topological polar surface area (TPSA) is 80.1 Å². The van der Waals surface area contributed by atoms with Crippen LogP contribution in [-0.4, -0.2) is 4.92 Å². The van der Waals surface area contributed by atoms with E-state index in [1.165, 1.54) is 6.92 Å². The average Bonchev–Trinajstić information content (AvgIpc) is 2.30.